The lowest BCUT2D eigenvalue weighted by molar-refractivity contribution is 0.617. The van der Waals surface area contributed by atoms with E-state index < -0.39 is 0 Å². The molecule has 4 nitrogen and oxygen atoms in total. The number of thiazole rings is 1. The Bertz CT molecular complexity index is 1770. The second-order valence-electron chi connectivity index (χ2n) is 7.79. The van der Waals surface area contributed by atoms with Crippen LogP contribution >= 0.6 is 46.9 Å². The number of rotatable bonds is 4. The Kier molecular flexibility index (Phi) is 5.41. The van der Waals surface area contributed by atoms with E-state index in [4.69, 9.17) is 33.8 Å². The Morgan fingerprint density at radius 1 is 1.00 bits per heavy atom. The smallest absolute Gasteiger partial charge is 0.176 e. The van der Waals surface area contributed by atoms with Crippen molar-refractivity contribution in [2.24, 2.45) is 0 Å². The molecule has 0 atom stereocenters. The molecule has 9 heteroatoms. The van der Waals surface area contributed by atoms with Crippen molar-refractivity contribution in [1.29, 1.82) is 0 Å². The lowest BCUT2D eigenvalue weighted by Gasteiger charge is -2.11. The van der Waals surface area contributed by atoms with Gasteiger partial charge in [-0.15, -0.1) is 0 Å². The number of aryl methyl sites for hydroxylation is 1. The van der Waals surface area contributed by atoms with Crippen molar-refractivity contribution in [3.8, 4) is 5.69 Å². The van der Waals surface area contributed by atoms with Gasteiger partial charge in [0.25, 0.3) is 0 Å². The Hall–Kier alpha value is -2.78. The lowest BCUT2D eigenvalue weighted by Crippen LogP contribution is -2.02. The molecule has 3 heterocycles. The summed E-state index contributed by atoms with van der Waals surface area (Å²) in [6, 6.07) is 20.8. The van der Waals surface area contributed by atoms with Gasteiger partial charge in [0, 0.05) is 16.3 Å². The molecule has 0 radical (unpaired) electrons. The number of hydrogen-bond acceptors (Lipinski definition) is 5. The molecule has 3 aromatic heterocycles. The second-order valence-corrected chi connectivity index (χ2v) is 10.8. The zero-order valence-electron chi connectivity index (χ0n) is 17.8. The van der Waals surface area contributed by atoms with Crippen LogP contribution in [0.25, 0.3) is 32.7 Å². The zero-order valence-corrected chi connectivity index (χ0v) is 21.0. The molecule has 0 N–H and O–H groups in total. The number of benzene rings is 3. The molecule has 0 amide bonds. The Labute approximate surface area is 212 Å². The highest BCUT2D eigenvalue weighted by molar-refractivity contribution is 7.98. The van der Waals surface area contributed by atoms with Gasteiger partial charge >= 0.3 is 0 Å². The summed E-state index contributed by atoms with van der Waals surface area (Å²) in [6.45, 7) is 2.05. The highest BCUT2D eigenvalue weighted by Crippen LogP contribution is 2.36. The number of para-hydroxylation sites is 3. The first-order valence-electron chi connectivity index (χ1n) is 10.5. The van der Waals surface area contributed by atoms with Crippen LogP contribution < -0.4 is 0 Å². The molecule has 0 fully saturated rings. The second kappa shape index (κ2) is 8.46. The molecule has 0 spiro atoms. The highest BCUT2D eigenvalue weighted by atomic mass is 35.5. The first-order chi connectivity index (χ1) is 16.5. The minimum Gasteiger partial charge on any atom is -0.275 e. The molecule has 0 saturated heterocycles. The maximum absolute atomic E-state index is 14.5. The average molecular weight is 523 g/mol. The third kappa shape index (κ3) is 3.44. The van der Waals surface area contributed by atoms with Crippen molar-refractivity contribution in [1.82, 2.24) is 18.9 Å². The molecule has 168 valence electrons. The van der Waals surface area contributed by atoms with Gasteiger partial charge in [-0.2, -0.15) is 0 Å². The minimum absolute atomic E-state index is 0.328. The monoisotopic (exact) mass is 522 g/mol. The Morgan fingerprint density at radius 2 is 1.79 bits per heavy atom. The predicted octanol–water partition coefficient (Wildman–Crippen LogP) is 8.01. The fourth-order valence-corrected chi connectivity index (χ4v) is 6.74. The van der Waals surface area contributed by atoms with Gasteiger partial charge < -0.3 is 0 Å². The van der Waals surface area contributed by atoms with Gasteiger partial charge in [-0.25, -0.2) is 14.4 Å². The summed E-state index contributed by atoms with van der Waals surface area (Å²) in [5, 5.41) is 1.10. The summed E-state index contributed by atoms with van der Waals surface area (Å²) >= 11 is 15.0. The molecule has 3 aromatic carbocycles. The van der Waals surface area contributed by atoms with Crippen molar-refractivity contribution in [3.63, 3.8) is 0 Å². The van der Waals surface area contributed by atoms with Crippen molar-refractivity contribution in [2.45, 2.75) is 17.8 Å². The van der Waals surface area contributed by atoms with Gasteiger partial charge in [-0.05, 0) is 55.0 Å². The maximum atomic E-state index is 14.5. The van der Waals surface area contributed by atoms with E-state index in [1.165, 1.54) is 29.2 Å². The molecule has 0 aliphatic carbocycles. The number of imidazole rings is 1. The largest absolute Gasteiger partial charge is 0.275 e. The number of halogens is 2. The first-order valence-corrected chi connectivity index (χ1v) is 13.1. The van der Waals surface area contributed by atoms with Crippen molar-refractivity contribution in [2.75, 3.05) is 0 Å². The van der Waals surface area contributed by atoms with Crippen molar-refractivity contribution < 1.29 is 4.39 Å². The van der Waals surface area contributed by atoms with Crippen LogP contribution in [0.4, 0.5) is 4.39 Å². The fraction of sp³-hybridized carbons (Fsp3) is 0.0800. The summed E-state index contributed by atoms with van der Waals surface area (Å²) in [7, 11) is 0. The average Bonchev–Trinajstić information content (AvgIpc) is 3.37. The third-order valence-corrected chi connectivity index (χ3v) is 8.39. The number of fused-ring (bicyclic) bond motifs is 5. The van der Waals surface area contributed by atoms with Gasteiger partial charge in [-0.3, -0.25) is 8.97 Å². The summed E-state index contributed by atoms with van der Waals surface area (Å²) in [5.41, 5.74) is 5.88. The van der Waals surface area contributed by atoms with Crippen LogP contribution in [0.15, 0.2) is 71.9 Å². The predicted molar refractivity (Wildman–Crippen MR) is 142 cm³/mol. The van der Waals surface area contributed by atoms with Crippen molar-refractivity contribution in [3.05, 3.63) is 92.7 Å². The topological polar surface area (TPSA) is 35.1 Å². The molecule has 0 aliphatic heterocycles. The molecule has 6 rings (SSSR count). The van der Waals surface area contributed by atoms with E-state index in [9.17, 15) is 4.39 Å². The van der Waals surface area contributed by atoms with Crippen LogP contribution in [0.5, 0.6) is 0 Å². The van der Waals surface area contributed by atoms with Gasteiger partial charge in [0.05, 0.1) is 16.7 Å². The number of hydrogen-bond donors (Lipinski definition) is 0. The molecule has 34 heavy (non-hydrogen) atoms. The summed E-state index contributed by atoms with van der Waals surface area (Å²) in [4.78, 5) is 9.99. The van der Waals surface area contributed by atoms with Gasteiger partial charge in [-0.1, -0.05) is 71.1 Å². The fourth-order valence-electron chi connectivity index (χ4n) is 4.06. The summed E-state index contributed by atoms with van der Waals surface area (Å²) in [5.74, 6) is 0.00655. The molecular weight excluding hydrogens is 507 g/mol. The van der Waals surface area contributed by atoms with Crippen LogP contribution in [0.1, 0.15) is 11.1 Å². The summed E-state index contributed by atoms with van der Waals surface area (Å²) in [6.07, 6.45) is 0. The molecular formula is C25H16ClFN4S3. The first kappa shape index (κ1) is 21.7. The van der Waals surface area contributed by atoms with Crippen LogP contribution in [-0.2, 0) is 5.75 Å². The van der Waals surface area contributed by atoms with Gasteiger partial charge in [0.1, 0.15) is 10.5 Å². The normalized spacial score (nSPS) is 11.7. The highest BCUT2D eigenvalue weighted by Gasteiger charge is 2.20. The SMILES string of the molecule is Cc1ccccc1-n1c(=S)sc2c1nc(SCc1c(F)cccc1Cl)n1c3ccccc3nc21. The number of nitrogens with zero attached hydrogens (tertiary/aromatic N) is 4. The van der Waals surface area contributed by atoms with Crippen LogP contribution in [-0.4, -0.2) is 18.9 Å². The molecule has 0 saturated carbocycles. The molecule has 0 unspecified atom stereocenters. The molecule has 0 bridgehead atoms. The quantitative estimate of drug-likeness (QED) is 0.133. The van der Waals surface area contributed by atoms with E-state index in [1.807, 2.05) is 51.4 Å². The standard InChI is InChI=1S/C25H16ClFN4S3/c1-14-7-2-4-11-19(14)31-23-21(34-25(31)32)22-28-18-10-3-5-12-20(18)30(22)24(29-23)33-13-15-16(26)8-6-9-17(15)27/h2-12H,13H2,1H3. The van der Waals surface area contributed by atoms with Gasteiger partial charge in [0.2, 0.25) is 0 Å². The van der Waals surface area contributed by atoms with Crippen LogP contribution in [0.2, 0.25) is 5.02 Å². The van der Waals surface area contributed by atoms with Gasteiger partial charge in [0.15, 0.2) is 20.4 Å². The minimum atomic E-state index is -0.328. The summed E-state index contributed by atoms with van der Waals surface area (Å²) < 4.78 is 20.1. The van der Waals surface area contributed by atoms with E-state index in [-0.39, 0.29) is 5.82 Å². The number of aromatic nitrogens is 4. The van der Waals surface area contributed by atoms with E-state index in [0.717, 1.165) is 38.3 Å². The lowest BCUT2D eigenvalue weighted by atomic mass is 10.2. The van der Waals surface area contributed by atoms with Crippen LogP contribution in [0.3, 0.4) is 0 Å². The zero-order chi connectivity index (χ0) is 23.4. The number of thioether (sulfide) groups is 1. The Balaban J connectivity index is 1.64. The van der Waals surface area contributed by atoms with E-state index in [2.05, 4.69) is 13.0 Å². The van der Waals surface area contributed by atoms with Crippen LogP contribution in [0, 0.1) is 16.7 Å². The van der Waals surface area contributed by atoms with E-state index >= 15 is 0 Å². The maximum Gasteiger partial charge on any atom is 0.176 e. The third-order valence-electron chi connectivity index (χ3n) is 5.71. The molecule has 0 aliphatic rings. The van der Waals surface area contributed by atoms with Crippen molar-refractivity contribution >= 4 is 73.9 Å². The Morgan fingerprint density at radius 3 is 2.62 bits per heavy atom. The molecule has 6 aromatic rings. The van der Waals surface area contributed by atoms with E-state index in [0.29, 0.717) is 25.4 Å². The van der Waals surface area contributed by atoms with E-state index in [1.54, 1.807) is 12.1 Å².